The fraction of sp³-hybridized carbons (Fsp3) is 0.538. The molecule has 0 aromatic heterocycles. The van der Waals surface area contributed by atoms with E-state index >= 15 is 0 Å². The van der Waals surface area contributed by atoms with Crippen LogP contribution >= 0.6 is 0 Å². The highest BCUT2D eigenvalue weighted by Crippen LogP contribution is 2.11. The van der Waals surface area contributed by atoms with E-state index in [0.717, 1.165) is 11.1 Å². The van der Waals surface area contributed by atoms with Crippen molar-refractivity contribution in [2.75, 3.05) is 6.61 Å². The monoisotopic (exact) mass is 225 g/mol. The van der Waals surface area contributed by atoms with Crippen LogP contribution in [0.15, 0.2) is 18.2 Å². The first-order valence-electron chi connectivity index (χ1n) is 5.64. The minimum Gasteiger partial charge on any atom is -0.395 e. The summed E-state index contributed by atoms with van der Waals surface area (Å²) >= 11 is 0. The number of aliphatic hydroxyl groups is 1. The highest BCUT2D eigenvalue weighted by atomic mass is 19.1. The van der Waals surface area contributed by atoms with Crippen molar-refractivity contribution in [3.8, 4) is 0 Å². The van der Waals surface area contributed by atoms with Crippen LogP contribution < -0.4 is 5.32 Å². The van der Waals surface area contributed by atoms with Crippen molar-refractivity contribution in [3.05, 3.63) is 35.1 Å². The molecule has 1 rings (SSSR count). The molecule has 0 saturated carbocycles. The van der Waals surface area contributed by atoms with Gasteiger partial charge in [0.25, 0.3) is 0 Å². The minimum atomic E-state index is -0.205. The van der Waals surface area contributed by atoms with E-state index in [4.69, 9.17) is 5.11 Å². The number of hydrogen-bond donors (Lipinski definition) is 2. The molecule has 16 heavy (non-hydrogen) atoms. The number of halogens is 1. The Bertz CT molecular complexity index is 339. The highest BCUT2D eigenvalue weighted by Gasteiger charge is 2.11. The largest absolute Gasteiger partial charge is 0.395 e. The van der Waals surface area contributed by atoms with Crippen molar-refractivity contribution in [1.29, 1.82) is 0 Å². The van der Waals surface area contributed by atoms with E-state index in [0.29, 0.717) is 12.5 Å². The van der Waals surface area contributed by atoms with Crippen LogP contribution in [0, 0.1) is 18.7 Å². The van der Waals surface area contributed by atoms with Gasteiger partial charge in [-0.05, 0) is 36.1 Å². The maximum atomic E-state index is 12.9. The first-order chi connectivity index (χ1) is 7.54. The number of aryl methyl sites for hydroxylation is 1. The van der Waals surface area contributed by atoms with Crippen LogP contribution in [0.3, 0.4) is 0 Å². The molecule has 1 unspecified atom stereocenters. The first-order valence-corrected chi connectivity index (χ1v) is 5.64. The number of hydrogen-bond acceptors (Lipinski definition) is 2. The number of benzene rings is 1. The summed E-state index contributed by atoms with van der Waals surface area (Å²) in [6.45, 7) is 6.80. The lowest BCUT2D eigenvalue weighted by atomic mass is 10.0. The summed E-state index contributed by atoms with van der Waals surface area (Å²) in [5.41, 5.74) is 2.01. The van der Waals surface area contributed by atoms with Gasteiger partial charge in [0.1, 0.15) is 5.82 Å². The predicted molar refractivity (Wildman–Crippen MR) is 63.7 cm³/mol. The Balaban J connectivity index is 2.60. The maximum Gasteiger partial charge on any atom is 0.123 e. The normalized spacial score (nSPS) is 13.1. The second-order valence-electron chi connectivity index (χ2n) is 4.48. The molecule has 2 N–H and O–H groups in total. The van der Waals surface area contributed by atoms with Gasteiger partial charge in [-0.2, -0.15) is 0 Å². The van der Waals surface area contributed by atoms with E-state index in [9.17, 15) is 4.39 Å². The zero-order valence-electron chi connectivity index (χ0n) is 10.1. The molecule has 0 aliphatic rings. The Morgan fingerprint density at radius 2 is 2.06 bits per heavy atom. The van der Waals surface area contributed by atoms with Gasteiger partial charge >= 0.3 is 0 Å². The molecular formula is C13H20FNO. The quantitative estimate of drug-likeness (QED) is 0.805. The van der Waals surface area contributed by atoms with E-state index < -0.39 is 0 Å². The highest BCUT2D eigenvalue weighted by molar-refractivity contribution is 5.26. The average Bonchev–Trinajstić information content (AvgIpc) is 2.21. The van der Waals surface area contributed by atoms with Gasteiger partial charge < -0.3 is 10.4 Å². The standard InChI is InChI=1S/C13H20FNO/c1-9(2)13(8-16)15-7-11-4-5-12(14)6-10(11)3/h4-6,9,13,15-16H,7-8H2,1-3H3. The maximum absolute atomic E-state index is 12.9. The van der Waals surface area contributed by atoms with Gasteiger partial charge in [0.2, 0.25) is 0 Å². The molecule has 0 radical (unpaired) electrons. The molecule has 3 heteroatoms. The molecule has 0 saturated heterocycles. The van der Waals surface area contributed by atoms with Crippen LogP contribution in [-0.4, -0.2) is 17.8 Å². The Kier molecular flexibility index (Phi) is 4.90. The van der Waals surface area contributed by atoms with Gasteiger partial charge in [-0.3, -0.25) is 0 Å². The summed E-state index contributed by atoms with van der Waals surface area (Å²) in [4.78, 5) is 0. The van der Waals surface area contributed by atoms with Crippen LogP contribution in [0.4, 0.5) is 4.39 Å². The third kappa shape index (κ3) is 3.58. The molecule has 0 aliphatic carbocycles. The van der Waals surface area contributed by atoms with E-state index in [1.807, 2.05) is 6.92 Å². The van der Waals surface area contributed by atoms with Crippen molar-refractivity contribution in [2.45, 2.75) is 33.4 Å². The molecule has 0 aliphatic heterocycles. The summed E-state index contributed by atoms with van der Waals surface area (Å²) in [5.74, 6) is 0.176. The number of rotatable bonds is 5. The van der Waals surface area contributed by atoms with Crippen LogP contribution in [-0.2, 0) is 6.54 Å². The fourth-order valence-corrected chi connectivity index (χ4v) is 1.61. The van der Waals surface area contributed by atoms with E-state index in [1.54, 1.807) is 6.07 Å². The molecule has 90 valence electrons. The molecule has 0 heterocycles. The summed E-state index contributed by atoms with van der Waals surface area (Å²) < 4.78 is 12.9. The van der Waals surface area contributed by atoms with Crippen molar-refractivity contribution in [3.63, 3.8) is 0 Å². The SMILES string of the molecule is Cc1cc(F)ccc1CNC(CO)C(C)C. The molecule has 1 aromatic carbocycles. The van der Waals surface area contributed by atoms with Crippen molar-refractivity contribution in [2.24, 2.45) is 5.92 Å². The van der Waals surface area contributed by atoms with E-state index in [2.05, 4.69) is 19.2 Å². The minimum absolute atomic E-state index is 0.0875. The molecule has 1 atom stereocenters. The van der Waals surface area contributed by atoms with Gasteiger partial charge in [0.15, 0.2) is 0 Å². The molecule has 0 bridgehead atoms. The van der Waals surface area contributed by atoms with E-state index in [1.165, 1.54) is 12.1 Å². The van der Waals surface area contributed by atoms with Gasteiger partial charge in [0, 0.05) is 12.6 Å². The summed E-state index contributed by atoms with van der Waals surface area (Å²) in [7, 11) is 0. The van der Waals surface area contributed by atoms with Gasteiger partial charge in [0.05, 0.1) is 6.61 Å². The first kappa shape index (κ1) is 13.1. The van der Waals surface area contributed by atoms with Gasteiger partial charge in [-0.25, -0.2) is 4.39 Å². The van der Waals surface area contributed by atoms with Crippen LogP contribution in [0.2, 0.25) is 0 Å². The predicted octanol–water partition coefficient (Wildman–Crippen LogP) is 2.24. The van der Waals surface area contributed by atoms with Gasteiger partial charge in [-0.1, -0.05) is 19.9 Å². The zero-order valence-corrected chi connectivity index (χ0v) is 10.1. The zero-order chi connectivity index (χ0) is 12.1. The molecule has 1 aromatic rings. The topological polar surface area (TPSA) is 32.3 Å². The van der Waals surface area contributed by atoms with Crippen LogP contribution in [0.1, 0.15) is 25.0 Å². The second kappa shape index (κ2) is 5.97. The molecule has 0 spiro atoms. The second-order valence-corrected chi connectivity index (χ2v) is 4.48. The molecule has 0 fully saturated rings. The molecule has 0 amide bonds. The Morgan fingerprint density at radius 3 is 2.56 bits per heavy atom. The Hall–Kier alpha value is -0.930. The van der Waals surface area contributed by atoms with E-state index in [-0.39, 0.29) is 18.5 Å². The van der Waals surface area contributed by atoms with Crippen molar-refractivity contribution >= 4 is 0 Å². The van der Waals surface area contributed by atoms with Crippen molar-refractivity contribution in [1.82, 2.24) is 5.32 Å². The molecule has 2 nitrogen and oxygen atoms in total. The summed E-state index contributed by atoms with van der Waals surface area (Å²) in [6.07, 6.45) is 0. The lowest BCUT2D eigenvalue weighted by Crippen LogP contribution is -2.36. The lowest BCUT2D eigenvalue weighted by molar-refractivity contribution is 0.210. The number of nitrogens with one attached hydrogen (secondary N) is 1. The summed E-state index contributed by atoms with van der Waals surface area (Å²) in [5, 5.41) is 12.4. The van der Waals surface area contributed by atoms with Gasteiger partial charge in [-0.15, -0.1) is 0 Å². The third-order valence-electron chi connectivity index (χ3n) is 2.86. The average molecular weight is 225 g/mol. The van der Waals surface area contributed by atoms with Crippen molar-refractivity contribution < 1.29 is 9.50 Å². The summed E-state index contributed by atoms with van der Waals surface area (Å²) in [6, 6.07) is 4.87. The van der Waals surface area contributed by atoms with Crippen LogP contribution in [0.25, 0.3) is 0 Å². The smallest absolute Gasteiger partial charge is 0.123 e. The number of aliphatic hydroxyl groups excluding tert-OH is 1. The van der Waals surface area contributed by atoms with Crippen LogP contribution in [0.5, 0.6) is 0 Å². The Labute approximate surface area is 96.5 Å². The Morgan fingerprint density at radius 1 is 1.38 bits per heavy atom. The third-order valence-corrected chi connectivity index (χ3v) is 2.86. The fourth-order valence-electron chi connectivity index (χ4n) is 1.61. The lowest BCUT2D eigenvalue weighted by Gasteiger charge is -2.20. The molecular weight excluding hydrogens is 205 g/mol.